The summed E-state index contributed by atoms with van der Waals surface area (Å²) in [6.07, 6.45) is 0.261. The molecule has 3 amide bonds. The van der Waals surface area contributed by atoms with E-state index in [1.165, 1.54) is 0 Å². The fraction of sp³-hybridized carbons (Fsp3) is 0.656. The fourth-order valence-electron chi connectivity index (χ4n) is 4.26. The van der Waals surface area contributed by atoms with E-state index in [0.717, 1.165) is 5.56 Å². The van der Waals surface area contributed by atoms with Gasteiger partial charge in [-0.3, -0.25) is 19.2 Å². The van der Waals surface area contributed by atoms with Crippen molar-refractivity contribution < 1.29 is 48.0 Å². The number of Topliss-reactive ketones (excluding diaryl/α,β-unsaturated/α-hetero) is 2. The average molecular weight is 638 g/mol. The number of benzene rings is 1. The van der Waals surface area contributed by atoms with Gasteiger partial charge in [0.1, 0.15) is 6.61 Å². The average Bonchev–Trinajstić information content (AvgIpc) is 3.01. The molecule has 4 N–H and O–H groups in total. The molecule has 0 aliphatic heterocycles. The number of carbonyl (C=O) groups is 5. The van der Waals surface area contributed by atoms with Crippen LogP contribution >= 0.6 is 0 Å². The number of ketones is 2. The molecule has 0 radical (unpaired) electrons. The monoisotopic (exact) mass is 637 g/mol. The number of carbonyl (C=O) groups excluding carboxylic acids is 5. The zero-order valence-electron chi connectivity index (χ0n) is 26.8. The van der Waals surface area contributed by atoms with E-state index >= 15 is 0 Å². The Morgan fingerprint density at radius 3 is 2.27 bits per heavy atom. The van der Waals surface area contributed by atoms with Gasteiger partial charge in [0, 0.05) is 45.4 Å². The van der Waals surface area contributed by atoms with Crippen molar-refractivity contribution in [2.75, 3.05) is 66.4 Å². The minimum atomic E-state index is -0.811. The Bertz CT molecular complexity index is 1010. The summed E-state index contributed by atoms with van der Waals surface area (Å²) in [5.74, 6) is -2.05. The Kier molecular flexibility index (Phi) is 21.9. The molecule has 1 aromatic carbocycles. The number of hydrogen-bond donors (Lipinski definition) is 4. The van der Waals surface area contributed by atoms with Gasteiger partial charge < -0.3 is 40.0 Å². The third-order valence-corrected chi connectivity index (χ3v) is 6.53. The van der Waals surface area contributed by atoms with Crippen molar-refractivity contribution in [3.8, 4) is 0 Å². The Hall–Kier alpha value is -3.39. The molecule has 0 saturated carbocycles. The lowest BCUT2D eigenvalue weighted by Crippen LogP contribution is -2.46. The number of methoxy groups -OCH3 is 1. The van der Waals surface area contributed by atoms with E-state index in [-0.39, 0.29) is 82.0 Å². The van der Waals surface area contributed by atoms with Gasteiger partial charge in [-0.25, -0.2) is 4.79 Å². The predicted molar refractivity (Wildman–Crippen MR) is 166 cm³/mol. The van der Waals surface area contributed by atoms with Crippen LogP contribution < -0.4 is 16.0 Å². The molecule has 0 bridgehead atoms. The summed E-state index contributed by atoms with van der Waals surface area (Å²) in [5.41, 5.74) is 0.841. The van der Waals surface area contributed by atoms with E-state index in [9.17, 15) is 24.0 Å². The minimum absolute atomic E-state index is 0.00487. The Morgan fingerprint density at radius 1 is 0.867 bits per heavy atom. The fourth-order valence-corrected chi connectivity index (χ4v) is 4.26. The van der Waals surface area contributed by atoms with Crippen LogP contribution in [0.25, 0.3) is 0 Å². The van der Waals surface area contributed by atoms with Crippen molar-refractivity contribution in [3.63, 3.8) is 0 Å². The summed E-state index contributed by atoms with van der Waals surface area (Å²) in [5, 5.41) is 16.7. The molecule has 0 saturated heterocycles. The van der Waals surface area contributed by atoms with E-state index in [0.29, 0.717) is 39.2 Å². The smallest absolute Gasteiger partial charge is 0.407 e. The third kappa shape index (κ3) is 20.3. The number of nitrogens with one attached hydrogen (secondary N) is 3. The molecule has 2 unspecified atom stereocenters. The minimum Gasteiger partial charge on any atom is -0.447 e. The van der Waals surface area contributed by atoms with Crippen LogP contribution in [0.5, 0.6) is 0 Å². The van der Waals surface area contributed by atoms with Crippen LogP contribution in [-0.4, -0.2) is 107 Å². The van der Waals surface area contributed by atoms with Gasteiger partial charge >= 0.3 is 6.09 Å². The largest absolute Gasteiger partial charge is 0.447 e. The maximum atomic E-state index is 13.5. The van der Waals surface area contributed by atoms with E-state index < -0.39 is 24.0 Å². The van der Waals surface area contributed by atoms with Crippen LogP contribution in [0.1, 0.15) is 51.5 Å². The van der Waals surface area contributed by atoms with Crippen LogP contribution in [0.4, 0.5) is 4.79 Å². The number of hydrogen-bond acceptors (Lipinski definition) is 10. The van der Waals surface area contributed by atoms with E-state index in [4.69, 9.17) is 24.1 Å². The van der Waals surface area contributed by atoms with Gasteiger partial charge in [-0.1, -0.05) is 44.2 Å². The van der Waals surface area contributed by atoms with Crippen LogP contribution in [0.15, 0.2) is 30.3 Å². The maximum Gasteiger partial charge on any atom is 0.407 e. The van der Waals surface area contributed by atoms with Gasteiger partial charge in [-0.05, 0) is 30.7 Å². The number of aliphatic hydroxyl groups excluding tert-OH is 1. The first-order valence-electron chi connectivity index (χ1n) is 15.5. The quantitative estimate of drug-likeness (QED) is 0.109. The van der Waals surface area contributed by atoms with Crippen LogP contribution in [0.2, 0.25) is 0 Å². The highest BCUT2D eigenvalue weighted by Gasteiger charge is 2.28. The second kappa shape index (κ2) is 24.9. The van der Waals surface area contributed by atoms with Gasteiger partial charge in [-0.15, -0.1) is 0 Å². The van der Waals surface area contributed by atoms with Gasteiger partial charge in [-0.2, -0.15) is 0 Å². The lowest BCUT2D eigenvalue weighted by atomic mass is 9.91. The van der Waals surface area contributed by atoms with Crippen molar-refractivity contribution >= 4 is 29.5 Å². The summed E-state index contributed by atoms with van der Waals surface area (Å²) >= 11 is 0. The zero-order valence-corrected chi connectivity index (χ0v) is 26.8. The summed E-state index contributed by atoms with van der Waals surface area (Å²) in [6.45, 7) is 5.47. The van der Waals surface area contributed by atoms with Crippen LogP contribution in [-0.2, 0) is 44.5 Å². The van der Waals surface area contributed by atoms with Crippen molar-refractivity contribution in [2.45, 2.75) is 58.4 Å². The molecule has 1 aromatic rings. The van der Waals surface area contributed by atoms with Crippen molar-refractivity contribution in [1.82, 2.24) is 16.0 Å². The summed E-state index contributed by atoms with van der Waals surface area (Å²) in [6, 6.07) is 8.39. The molecule has 0 spiro atoms. The lowest BCUT2D eigenvalue weighted by molar-refractivity contribution is -0.133. The van der Waals surface area contributed by atoms with Crippen molar-refractivity contribution in [3.05, 3.63) is 35.9 Å². The Morgan fingerprint density at radius 2 is 1.58 bits per heavy atom. The number of aliphatic hydroxyl groups is 1. The first-order chi connectivity index (χ1) is 21.7. The second-order valence-corrected chi connectivity index (χ2v) is 10.9. The molecule has 0 heterocycles. The highest BCUT2D eigenvalue weighted by molar-refractivity contribution is 5.94. The maximum absolute atomic E-state index is 13.5. The molecule has 254 valence electrons. The lowest BCUT2D eigenvalue weighted by Gasteiger charge is -2.23. The molecule has 0 aliphatic rings. The Labute approximate surface area is 266 Å². The molecule has 13 nitrogen and oxygen atoms in total. The summed E-state index contributed by atoms with van der Waals surface area (Å²) < 4.78 is 20.2. The topological polar surface area (TPSA) is 179 Å². The molecule has 2 atom stereocenters. The highest BCUT2D eigenvalue weighted by Crippen LogP contribution is 2.16. The molecular formula is C32H51N3O10. The van der Waals surface area contributed by atoms with E-state index in [1.54, 1.807) is 7.11 Å². The molecule has 13 heteroatoms. The molecule has 0 fully saturated rings. The van der Waals surface area contributed by atoms with Gasteiger partial charge in [0.2, 0.25) is 11.8 Å². The van der Waals surface area contributed by atoms with Crippen LogP contribution in [0.3, 0.4) is 0 Å². The SMILES string of the molecule is COCCOCCCNC(=O)CCC(=O)C(CC(C)C)NC(=O)C(CC(=O)CNC(=O)OCCOCCO)Cc1ccccc1. The summed E-state index contributed by atoms with van der Waals surface area (Å²) in [7, 11) is 1.59. The molecule has 1 rings (SSSR count). The van der Waals surface area contributed by atoms with Gasteiger partial charge in [0.15, 0.2) is 11.6 Å². The standard InChI is InChI=1S/C32H51N3O10/c1-24(2)20-28(29(38)10-11-30(39)33-12-7-14-43-17-16-42-3)35-31(40)26(21-25-8-5-4-6-9-25)22-27(37)23-34-32(41)45-19-18-44-15-13-36/h4-6,8-9,24,26,28,36H,7,10-23H2,1-3H3,(H,33,39)(H,34,41)(H,35,40). The normalized spacial score (nSPS) is 12.3. The van der Waals surface area contributed by atoms with Crippen LogP contribution in [0, 0.1) is 11.8 Å². The van der Waals surface area contributed by atoms with Crippen molar-refractivity contribution in [1.29, 1.82) is 0 Å². The van der Waals surface area contributed by atoms with Crippen molar-refractivity contribution in [2.24, 2.45) is 11.8 Å². The highest BCUT2D eigenvalue weighted by atomic mass is 16.6. The van der Waals surface area contributed by atoms with E-state index in [2.05, 4.69) is 16.0 Å². The second-order valence-electron chi connectivity index (χ2n) is 10.9. The number of rotatable bonds is 26. The number of amides is 3. The molecule has 0 aromatic heterocycles. The van der Waals surface area contributed by atoms with E-state index in [1.807, 2.05) is 44.2 Å². The third-order valence-electron chi connectivity index (χ3n) is 6.53. The zero-order chi connectivity index (χ0) is 33.3. The van der Waals surface area contributed by atoms with Gasteiger partial charge in [0.05, 0.1) is 45.6 Å². The number of ether oxygens (including phenoxy) is 4. The molecule has 45 heavy (non-hydrogen) atoms. The molecular weight excluding hydrogens is 586 g/mol. The predicted octanol–water partition coefficient (Wildman–Crippen LogP) is 1.59. The first-order valence-corrected chi connectivity index (χ1v) is 15.5. The Balaban J connectivity index is 2.71. The summed E-state index contributed by atoms with van der Waals surface area (Å²) in [4.78, 5) is 63.6. The molecule has 0 aliphatic carbocycles. The number of alkyl carbamates (subject to hydrolysis) is 1. The first kappa shape index (κ1) is 39.6. The van der Waals surface area contributed by atoms with Gasteiger partial charge in [0.25, 0.3) is 0 Å².